The summed E-state index contributed by atoms with van der Waals surface area (Å²) >= 11 is 0.0521. The third kappa shape index (κ3) is 3.31. The Labute approximate surface area is 144 Å². The summed E-state index contributed by atoms with van der Waals surface area (Å²) in [7, 11) is 1.35. The van der Waals surface area contributed by atoms with E-state index in [4.69, 9.17) is 4.74 Å². The summed E-state index contributed by atoms with van der Waals surface area (Å²) in [6.45, 7) is 10.1. The van der Waals surface area contributed by atoms with Crippen LogP contribution < -0.4 is 4.46 Å². The second kappa shape index (κ2) is 6.29. The van der Waals surface area contributed by atoms with Crippen LogP contribution in [0.1, 0.15) is 34.6 Å². The van der Waals surface area contributed by atoms with Crippen LogP contribution in [0.5, 0.6) is 0 Å². The van der Waals surface area contributed by atoms with Crippen molar-refractivity contribution in [2.45, 2.75) is 45.1 Å². The van der Waals surface area contributed by atoms with Crippen molar-refractivity contribution in [1.82, 2.24) is 4.90 Å². The molecule has 0 bridgehead atoms. The van der Waals surface area contributed by atoms with Crippen molar-refractivity contribution in [3.8, 4) is 0 Å². The average molecular weight is 382 g/mol. The predicted molar refractivity (Wildman–Crippen MR) is 91.5 cm³/mol. The SMILES string of the molecule is COC(=O)[C@@H]1C(=O)N(C(C)(C)C)[C@@H]([Se]c2ccccc2)C1(C)C. The fourth-order valence-corrected chi connectivity index (χ4v) is 6.31. The van der Waals surface area contributed by atoms with E-state index in [2.05, 4.69) is 12.1 Å². The molecule has 1 fully saturated rings. The van der Waals surface area contributed by atoms with Crippen molar-refractivity contribution in [2.24, 2.45) is 11.3 Å². The number of hydrogen-bond acceptors (Lipinski definition) is 3. The van der Waals surface area contributed by atoms with Crippen LogP contribution in [0, 0.1) is 11.3 Å². The van der Waals surface area contributed by atoms with Crippen molar-refractivity contribution in [2.75, 3.05) is 7.11 Å². The predicted octanol–water partition coefficient (Wildman–Crippen LogP) is 1.80. The standard InChI is InChI=1S/C18H25NO3Se/c1-17(2,3)19-14(20)13(15(21)22-6)18(4,5)16(19)23-12-10-8-7-9-11-12/h7-11,13,16H,1-6H3/t13-,16-/m0/s1. The van der Waals surface area contributed by atoms with Gasteiger partial charge in [0, 0.05) is 0 Å². The van der Waals surface area contributed by atoms with E-state index in [-0.39, 0.29) is 31.3 Å². The normalized spacial score (nSPS) is 23.9. The van der Waals surface area contributed by atoms with Gasteiger partial charge in [-0.2, -0.15) is 0 Å². The number of methoxy groups -OCH3 is 1. The number of nitrogens with zero attached hydrogens (tertiary/aromatic N) is 1. The third-order valence-corrected chi connectivity index (χ3v) is 7.58. The summed E-state index contributed by atoms with van der Waals surface area (Å²) in [5.74, 6) is -1.28. The fraction of sp³-hybridized carbons (Fsp3) is 0.556. The molecule has 5 heteroatoms. The number of carbonyl (C=O) groups excluding carboxylic acids is 2. The Kier molecular flexibility index (Phi) is 4.93. The monoisotopic (exact) mass is 383 g/mol. The molecule has 4 nitrogen and oxygen atoms in total. The van der Waals surface area contributed by atoms with Gasteiger partial charge in [0.05, 0.1) is 0 Å². The van der Waals surface area contributed by atoms with Crippen LogP contribution in [-0.4, -0.2) is 49.3 Å². The van der Waals surface area contributed by atoms with Gasteiger partial charge in [-0.05, 0) is 0 Å². The van der Waals surface area contributed by atoms with Crippen LogP contribution in [0.3, 0.4) is 0 Å². The Morgan fingerprint density at radius 3 is 2.26 bits per heavy atom. The van der Waals surface area contributed by atoms with Gasteiger partial charge >= 0.3 is 144 Å². The average Bonchev–Trinajstić information content (AvgIpc) is 2.65. The van der Waals surface area contributed by atoms with E-state index in [0.29, 0.717) is 0 Å². The minimum atomic E-state index is -0.734. The van der Waals surface area contributed by atoms with Crippen molar-refractivity contribution in [3.63, 3.8) is 0 Å². The van der Waals surface area contributed by atoms with E-state index in [1.54, 1.807) is 0 Å². The number of likely N-dealkylation sites (tertiary alicyclic amines) is 1. The summed E-state index contributed by atoms with van der Waals surface area (Å²) in [6, 6.07) is 10.2. The summed E-state index contributed by atoms with van der Waals surface area (Å²) in [5.41, 5.74) is -0.800. The molecule has 0 unspecified atom stereocenters. The Bertz CT molecular complexity index is 592. The van der Waals surface area contributed by atoms with Gasteiger partial charge in [0.15, 0.2) is 0 Å². The first-order chi connectivity index (χ1) is 10.6. The molecule has 2 atom stereocenters. The van der Waals surface area contributed by atoms with Gasteiger partial charge in [-0.1, -0.05) is 0 Å². The van der Waals surface area contributed by atoms with E-state index in [1.165, 1.54) is 11.6 Å². The van der Waals surface area contributed by atoms with E-state index in [1.807, 2.05) is 57.7 Å². The van der Waals surface area contributed by atoms with E-state index < -0.39 is 17.3 Å². The van der Waals surface area contributed by atoms with Crippen LogP contribution in [-0.2, 0) is 14.3 Å². The van der Waals surface area contributed by atoms with Crippen LogP contribution in [0.4, 0.5) is 0 Å². The van der Waals surface area contributed by atoms with E-state index >= 15 is 0 Å². The van der Waals surface area contributed by atoms with E-state index in [9.17, 15) is 9.59 Å². The van der Waals surface area contributed by atoms with Crippen molar-refractivity contribution in [1.29, 1.82) is 0 Å². The molecule has 0 N–H and O–H groups in total. The molecule has 126 valence electrons. The molecule has 0 spiro atoms. The summed E-state index contributed by atoms with van der Waals surface area (Å²) in [6.07, 6.45) is 0. The zero-order chi connectivity index (χ0) is 17.4. The van der Waals surface area contributed by atoms with Crippen LogP contribution in [0.25, 0.3) is 0 Å². The zero-order valence-electron chi connectivity index (χ0n) is 14.6. The summed E-state index contributed by atoms with van der Waals surface area (Å²) in [4.78, 5) is 27.2. The number of hydrogen-bond donors (Lipinski definition) is 0. The van der Waals surface area contributed by atoms with Crippen molar-refractivity contribution in [3.05, 3.63) is 30.3 Å². The molecular weight excluding hydrogens is 357 g/mol. The van der Waals surface area contributed by atoms with Crippen LogP contribution >= 0.6 is 0 Å². The molecule has 0 radical (unpaired) electrons. The van der Waals surface area contributed by atoms with Gasteiger partial charge in [-0.3, -0.25) is 0 Å². The molecule has 1 aliphatic heterocycles. The van der Waals surface area contributed by atoms with Gasteiger partial charge < -0.3 is 0 Å². The summed E-state index contributed by atoms with van der Waals surface area (Å²) in [5, 5.41) is 0. The molecule has 1 aromatic rings. The third-order valence-electron chi connectivity index (χ3n) is 4.25. The minimum absolute atomic E-state index is 0.00833. The topological polar surface area (TPSA) is 46.6 Å². The molecule has 1 amide bonds. The molecule has 0 aliphatic carbocycles. The molecule has 0 aromatic heterocycles. The number of ether oxygens (including phenoxy) is 1. The Balaban J connectivity index is 2.46. The second-order valence-corrected chi connectivity index (χ2v) is 9.86. The number of esters is 1. The summed E-state index contributed by atoms with van der Waals surface area (Å²) < 4.78 is 6.15. The first kappa shape index (κ1) is 18.0. The van der Waals surface area contributed by atoms with Gasteiger partial charge in [-0.15, -0.1) is 0 Å². The molecule has 2 rings (SSSR count). The quantitative estimate of drug-likeness (QED) is 0.455. The van der Waals surface area contributed by atoms with Gasteiger partial charge in [-0.25, -0.2) is 0 Å². The zero-order valence-corrected chi connectivity index (χ0v) is 16.3. The van der Waals surface area contributed by atoms with E-state index in [0.717, 1.165) is 0 Å². The Morgan fingerprint density at radius 2 is 1.78 bits per heavy atom. The van der Waals surface area contributed by atoms with Crippen molar-refractivity contribution >= 4 is 31.3 Å². The molecule has 0 saturated carbocycles. The molecular formula is C18H25NO3Se. The van der Waals surface area contributed by atoms with Crippen molar-refractivity contribution < 1.29 is 14.3 Å². The molecule has 1 aromatic carbocycles. The number of amides is 1. The maximum atomic E-state index is 13.0. The maximum absolute atomic E-state index is 13.0. The Morgan fingerprint density at radius 1 is 1.22 bits per heavy atom. The van der Waals surface area contributed by atoms with Crippen LogP contribution in [0.2, 0.25) is 0 Å². The second-order valence-electron chi connectivity index (χ2n) is 7.44. The molecule has 1 saturated heterocycles. The van der Waals surface area contributed by atoms with Gasteiger partial charge in [0.25, 0.3) is 0 Å². The Hall–Kier alpha value is -1.32. The van der Waals surface area contributed by atoms with Gasteiger partial charge in [0.1, 0.15) is 0 Å². The number of rotatable bonds is 3. The first-order valence-corrected chi connectivity index (χ1v) is 9.58. The van der Waals surface area contributed by atoms with Crippen LogP contribution in [0.15, 0.2) is 30.3 Å². The number of benzene rings is 1. The first-order valence-electron chi connectivity index (χ1n) is 7.73. The van der Waals surface area contributed by atoms with Gasteiger partial charge in [0.2, 0.25) is 0 Å². The fourth-order valence-electron chi connectivity index (χ4n) is 3.09. The molecule has 1 heterocycles. The molecule has 23 heavy (non-hydrogen) atoms. The molecule has 1 aliphatic rings. The number of carbonyl (C=O) groups is 2.